The van der Waals surface area contributed by atoms with Crippen LogP contribution in [0.15, 0.2) is 10.2 Å². The topological polar surface area (TPSA) is 108 Å². The number of nitrogens with one attached hydrogen (secondary N) is 1. The molecule has 0 unspecified atom stereocenters. The molecule has 0 aliphatic heterocycles. The fraction of sp³-hybridized carbons (Fsp3) is 0.846. The highest BCUT2D eigenvalue weighted by molar-refractivity contribution is 6.60. The summed E-state index contributed by atoms with van der Waals surface area (Å²) in [5.74, 6) is 0. The summed E-state index contributed by atoms with van der Waals surface area (Å²) < 4.78 is 21.6. The van der Waals surface area contributed by atoms with Crippen LogP contribution in [0.3, 0.4) is 0 Å². The third-order valence-corrected chi connectivity index (χ3v) is 5.67. The summed E-state index contributed by atoms with van der Waals surface area (Å²) in [6.07, 6.45) is -0.287. The van der Waals surface area contributed by atoms with Gasteiger partial charge in [-0.3, -0.25) is 0 Å². The molecule has 134 valence electrons. The fourth-order valence-electron chi connectivity index (χ4n) is 1.78. The Morgan fingerprint density at radius 2 is 1.48 bits per heavy atom. The standard InChI is InChI=1S/C13H27N3O6Si/c1-5-19-13(18)16-15-12(17)14-10-9-11-23(20-6-2,21-7-3)22-8-4/h5-11H2,1-4H3,(H,14,17)/b16-15+. The SMILES string of the molecule is CCOC(=O)/N=N/C(=O)NCCC[Si](OCC)(OCC)OCC. The second kappa shape index (κ2) is 13.1. The molecule has 0 saturated heterocycles. The van der Waals surface area contributed by atoms with Crippen molar-refractivity contribution in [3.05, 3.63) is 0 Å². The summed E-state index contributed by atoms with van der Waals surface area (Å²) in [5.41, 5.74) is 0. The second-order valence-corrected chi connectivity index (χ2v) is 6.95. The van der Waals surface area contributed by atoms with Crippen LogP contribution in [0, 0.1) is 0 Å². The summed E-state index contributed by atoms with van der Waals surface area (Å²) >= 11 is 0. The molecule has 0 bridgehead atoms. The van der Waals surface area contributed by atoms with Crippen molar-refractivity contribution in [2.75, 3.05) is 33.0 Å². The molecule has 0 radical (unpaired) electrons. The van der Waals surface area contributed by atoms with Gasteiger partial charge in [-0.25, -0.2) is 9.59 Å². The van der Waals surface area contributed by atoms with Crippen LogP contribution in [0.25, 0.3) is 0 Å². The second-order valence-electron chi connectivity index (χ2n) is 4.22. The zero-order valence-corrected chi connectivity index (χ0v) is 15.3. The molecular weight excluding hydrogens is 322 g/mol. The van der Waals surface area contributed by atoms with Gasteiger partial charge in [0.25, 0.3) is 0 Å². The van der Waals surface area contributed by atoms with Gasteiger partial charge in [-0.1, -0.05) is 10.2 Å². The smallest absolute Gasteiger partial charge is 0.447 e. The Bertz CT molecular complexity index is 364. The highest BCUT2D eigenvalue weighted by Crippen LogP contribution is 2.17. The quantitative estimate of drug-likeness (QED) is 0.349. The highest BCUT2D eigenvalue weighted by atomic mass is 28.4. The van der Waals surface area contributed by atoms with Gasteiger partial charge in [0.1, 0.15) is 0 Å². The number of carbonyl (C=O) groups excluding carboxylic acids is 2. The van der Waals surface area contributed by atoms with Gasteiger partial charge in [0.05, 0.1) is 6.61 Å². The lowest BCUT2D eigenvalue weighted by Crippen LogP contribution is -2.46. The van der Waals surface area contributed by atoms with Gasteiger partial charge in [0.2, 0.25) is 0 Å². The number of azo groups is 1. The van der Waals surface area contributed by atoms with Crippen molar-refractivity contribution < 1.29 is 27.6 Å². The molecular formula is C13H27N3O6Si. The molecule has 0 aromatic carbocycles. The molecule has 0 saturated carbocycles. The lowest BCUT2D eigenvalue weighted by atomic mass is 10.5. The first-order valence-corrected chi connectivity index (χ1v) is 9.74. The number of hydrogen-bond acceptors (Lipinski definition) is 6. The maximum atomic E-state index is 11.4. The van der Waals surface area contributed by atoms with Crippen molar-refractivity contribution in [1.29, 1.82) is 0 Å². The predicted molar refractivity (Wildman–Crippen MR) is 85.3 cm³/mol. The Labute approximate surface area is 138 Å². The van der Waals surface area contributed by atoms with Gasteiger partial charge in [-0.15, -0.1) is 0 Å². The minimum absolute atomic E-state index is 0.179. The Morgan fingerprint density at radius 1 is 0.913 bits per heavy atom. The Hall–Kier alpha value is -1.36. The number of amides is 3. The average molecular weight is 349 g/mol. The first-order chi connectivity index (χ1) is 11.0. The number of carbonyl (C=O) groups is 2. The first-order valence-electron chi connectivity index (χ1n) is 7.81. The molecule has 23 heavy (non-hydrogen) atoms. The van der Waals surface area contributed by atoms with E-state index in [1.54, 1.807) is 6.92 Å². The number of ether oxygens (including phenoxy) is 1. The van der Waals surface area contributed by atoms with E-state index in [0.29, 0.717) is 38.8 Å². The van der Waals surface area contributed by atoms with Gasteiger partial charge < -0.3 is 23.3 Å². The minimum atomic E-state index is -2.69. The van der Waals surface area contributed by atoms with Gasteiger partial charge in [0.15, 0.2) is 0 Å². The van der Waals surface area contributed by atoms with Crippen LogP contribution in [-0.4, -0.2) is 53.9 Å². The lowest BCUT2D eigenvalue weighted by Gasteiger charge is -2.28. The maximum Gasteiger partial charge on any atom is 0.500 e. The molecule has 3 amide bonds. The Morgan fingerprint density at radius 3 is 1.96 bits per heavy atom. The van der Waals surface area contributed by atoms with Crippen molar-refractivity contribution in [2.24, 2.45) is 10.2 Å². The molecule has 0 atom stereocenters. The van der Waals surface area contributed by atoms with Crippen LogP contribution >= 0.6 is 0 Å². The Balaban J connectivity index is 4.23. The predicted octanol–water partition coefficient (Wildman–Crippen LogP) is 2.74. The van der Waals surface area contributed by atoms with E-state index in [0.717, 1.165) is 0 Å². The van der Waals surface area contributed by atoms with Crippen LogP contribution in [0.5, 0.6) is 0 Å². The van der Waals surface area contributed by atoms with E-state index in [2.05, 4.69) is 20.3 Å². The molecule has 0 spiro atoms. The monoisotopic (exact) mass is 349 g/mol. The van der Waals surface area contributed by atoms with Gasteiger partial charge in [0, 0.05) is 32.4 Å². The van der Waals surface area contributed by atoms with E-state index in [-0.39, 0.29) is 6.61 Å². The lowest BCUT2D eigenvalue weighted by molar-refractivity contribution is 0.0708. The van der Waals surface area contributed by atoms with Crippen molar-refractivity contribution in [3.8, 4) is 0 Å². The van der Waals surface area contributed by atoms with Crippen LogP contribution in [0.4, 0.5) is 9.59 Å². The number of nitrogens with zero attached hydrogens (tertiary/aromatic N) is 2. The van der Waals surface area contributed by atoms with Crippen molar-refractivity contribution in [1.82, 2.24) is 5.32 Å². The number of urea groups is 1. The molecule has 9 nitrogen and oxygen atoms in total. The number of rotatable bonds is 11. The highest BCUT2D eigenvalue weighted by Gasteiger charge is 2.39. The molecule has 0 aromatic heterocycles. The van der Waals surface area contributed by atoms with Crippen molar-refractivity contribution in [3.63, 3.8) is 0 Å². The van der Waals surface area contributed by atoms with Gasteiger partial charge >= 0.3 is 20.9 Å². The molecule has 10 heteroatoms. The number of hydrogen-bond donors (Lipinski definition) is 1. The van der Waals surface area contributed by atoms with Crippen molar-refractivity contribution in [2.45, 2.75) is 40.2 Å². The van der Waals surface area contributed by atoms with Crippen LogP contribution < -0.4 is 5.32 Å². The maximum absolute atomic E-state index is 11.4. The van der Waals surface area contributed by atoms with Crippen LogP contribution in [-0.2, 0) is 18.0 Å². The zero-order valence-electron chi connectivity index (χ0n) is 14.3. The zero-order chi connectivity index (χ0) is 17.6. The van der Waals surface area contributed by atoms with E-state index in [1.807, 2.05) is 20.8 Å². The normalized spacial score (nSPS) is 11.7. The van der Waals surface area contributed by atoms with Gasteiger partial charge in [-0.05, 0) is 34.1 Å². The molecule has 0 aromatic rings. The molecule has 0 heterocycles. The average Bonchev–Trinajstić information content (AvgIpc) is 2.51. The van der Waals surface area contributed by atoms with E-state index in [1.165, 1.54) is 0 Å². The molecule has 1 N–H and O–H groups in total. The molecule has 0 aliphatic carbocycles. The van der Waals surface area contributed by atoms with E-state index >= 15 is 0 Å². The Kier molecular flexibility index (Phi) is 12.3. The van der Waals surface area contributed by atoms with E-state index in [9.17, 15) is 9.59 Å². The largest absolute Gasteiger partial charge is 0.500 e. The fourth-order valence-corrected chi connectivity index (χ4v) is 4.39. The van der Waals surface area contributed by atoms with Crippen LogP contribution in [0.1, 0.15) is 34.1 Å². The van der Waals surface area contributed by atoms with E-state index < -0.39 is 20.9 Å². The summed E-state index contributed by atoms with van der Waals surface area (Å²) in [6.45, 7) is 9.34. The summed E-state index contributed by atoms with van der Waals surface area (Å²) in [5, 5.41) is 8.85. The van der Waals surface area contributed by atoms with Crippen molar-refractivity contribution >= 4 is 20.9 Å². The summed E-state index contributed by atoms with van der Waals surface area (Å²) in [6, 6.07) is -0.118. The van der Waals surface area contributed by atoms with E-state index in [4.69, 9.17) is 13.3 Å². The van der Waals surface area contributed by atoms with Gasteiger partial charge in [-0.2, -0.15) is 0 Å². The molecule has 0 aliphatic rings. The first kappa shape index (κ1) is 21.6. The third-order valence-electron chi connectivity index (χ3n) is 2.52. The molecule has 0 rings (SSSR count). The summed E-state index contributed by atoms with van der Waals surface area (Å²) in [7, 11) is -2.69. The minimum Gasteiger partial charge on any atom is -0.447 e. The van der Waals surface area contributed by atoms with Crippen LogP contribution in [0.2, 0.25) is 6.04 Å². The third kappa shape index (κ3) is 10.1. The molecule has 0 fully saturated rings. The summed E-state index contributed by atoms with van der Waals surface area (Å²) in [4.78, 5) is 22.3.